The summed E-state index contributed by atoms with van der Waals surface area (Å²) in [6.45, 7) is 1.78. The number of ether oxygens (including phenoxy) is 1. The second-order valence-corrected chi connectivity index (χ2v) is 11.7. The van der Waals surface area contributed by atoms with E-state index < -0.39 is 29.5 Å². The van der Waals surface area contributed by atoms with Crippen LogP contribution in [0.5, 0.6) is 5.75 Å². The fourth-order valence-electron chi connectivity index (χ4n) is 5.44. The zero-order valence-corrected chi connectivity index (χ0v) is 24.0. The Balaban J connectivity index is 1.19. The molecule has 0 unspecified atom stereocenters. The van der Waals surface area contributed by atoms with Gasteiger partial charge >= 0.3 is 5.92 Å². The lowest BCUT2D eigenvalue weighted by Crippen LogP contribution is -2.50. The number of rotatable bonds is 10. The minimum atomic E-state index is -3.81. The van der Waals surface area contributed by atoms with Crippen molar-refractivity contribution in [3.63, 3.8) is 0 Å². The van der Waals surface area contributed by atoms with E-state index in [0.29, 0.717) is 16.3 Å². The van der Waals surface area contributed by atoms with Crippen molar-refractivity contribution in [2.45, 2.75) is 49.9 Å². The molecule has 0 radical (unpaired) electrons. The number of hydrogen-bond donors (Lipinski definition) is 2. The van der Waals surface area contributed by atoms with Gasteiger partial charge in [0.05, 0.1) is 22.7 Å². The molecule has 3 aromatic carbocycles. The molecule has 1 saturated heterocycles. The number of nitrogens with one attached hydrogen (secondary N) is 1. The van der Waals surface area contributed by atoms with E-state index in [4.69, 9.17) is 16.3 Å². The molecule has 2 aliphatic rings. The van der Waals surface area contributed by atoms with Gasteiger partial charge in [-0.3, -0.25) is 9.48 Å². The van der Waals surface area contributed by atoms with E-state index in [1.54, 1.807) is 35.0 Å². The zero-order valence-electron chi connectivity index (χ0n) is 23.3. The molecule has 0 bridgehead atoms. The van der Waals surface area contributed by atoms with Crippen LogP contribution in [-0.2, 0) is 17.8 Å². The molecule has 2 atom stereocenters. The molecule has 2 fully saturated rings. The molecule has 2 N–H and O–H groups in total. The number of halogens is 3. The van der Waals surface area contributed by atoms with Gasteiger partial charge in [-0.25, -0.2) is 0 Å². The third kappa shape index (κ3) is 6.14. The van der Waals surface area contributed by atoms with Crippen molar-refractivity contribution in [2.24, 2.45) is 7.05 Å². The first-order valence-electron chi connectivity index (χ1n) is 14.3. The monoisotopic (exact) mass is 594 g/mol. The number of aromatic nitrogens is 2. The van der Waals surface area contributed by atoms with Crippen molar-refractivity contribution in [1.82, 2.24) is 20.0 Å². The first kappa shape index (κ1) is 28.6. The van der Waals surface area contributed by atoms with Gasteiger partial charge < -0.3 is 20.1 Å². The topological polar surface area (TPSA) is 79.6 Å². The summed E-state index contributed by atoms with van der Waals surface area (Å²) >= 11 is 6.41. The van der Waals surface area contributed by atoms with Gasteiger partial charge in [-0.15, -0.1) is 0 Å². The Kier molecular flexibility index (Phi) is 7.91. The van der Waals surface area contributed by atoms with Crippen molar-refractivity contribution in [3.05, 3.63) is 83.0 Å². The number of aryl methyl sites for hydroxylation is 1. The molecular formula is C32H33ClF2N4O3. The third-order valence-electron chi connectivity index (χ3n) is 7.95. The van der Waals surface area contributed by atoms with Gasteiger partial charge in [0.15, 0.2) is 0 Å². The van der Waals surface area contributed by atoms with Crippen LogP contribution in [0.2, 0.25) is 5.02 Å². The summed E-state index contributed by atoms with van der Waals surface area (Å²) in [4.78, 5) is 15.2. The van der Waals surface area contributed by atoms with E-state index in [1.165, 1.54) is 12.1 Å². The summed E-state index contributed by atoms with van der Waals surface area (Å²) in [6, 6.07) is 15.4. The number of hydrogen-bond acceptors (Lipinski definition) is 5. The van der Waals surface area contributed by atoms with Crippen LogP contribution in [-0.4, -0.2) is 57.5 Å². The standard InChI is InChI=1S/C32H33ClF2N4O3/c1-38-18-23-5-4-21(17-27(23)37-38)20-6-9-24(10-7-20)32(34,35)31(41)36-28(19-39-14-2-3-15-39)30(40)22-8-13-29(26(33)16-22)42-25-11-12-25/h4-10,13,16-18,25,28,30,40H,2-3,11-12,14-15,19H2,1H3,(H,36,41)/t28-,30-/m1/s1. The summed E-state index contributed by atoms with van der Waals surface area (Å²) < 4.78 is 38.5. The molecule has 220 valence electrons. The quantitative estimate of drug-likeness (QED) is 0.241. The predicted molar refractivity (Wildman–Crippen MR) is 158 cm³/mol. The molecule has 1 aromatic heterocycles. The van der Waals surface area contributed by atoms with Gasteiger partial charge in [0.1, 0.15) is 11.9 Å². The number of aliphatic hydroxyl groups excluding tert-OH is 1. The number of nitrogens with zero attached hydrogens (tertiary/aromatic N) is 3. The molecule has 42 heavy (non-hydrogen) atoms. The average Bonchev–Trinajstić information content (AvgIpc) is 3.49. The van der Waals surface area contributed by atoms with Gasteiger partial charge in [-0.1, -0.05) is 54.1 Å². The fourth-order valence-corrected chi connectivity index (χ4v) is 5.68. The summed E-state index contributed by atoms with van der Waals surface area (Å²) in [5.74, 6) is -4.76. The zero-order chi connectivity index (χ0) is 29.4. The highest BCUT2D eigenvalue weighted by Crippen LogP contribution is 2.35. The highest BCUT2D eigenvalue weighted by atomic mass is 35.5. The second kappa shape index (κ2) is 11.6. The fraction of sp³-hybridized carbons (Fsp3) is 0.375. The second-order valence-electron chi connectivity index (χ2n) is 11.3. The van der Waals surface area contributed by atoms with Gasteiger partial charge in [0.2, 0.25) is 0 Å². The van der Waals surface area contributed by atoms with Crippen molar-refractivity contribution in [2.75, 3.05) is 19.6 Å². The number of aliphatic hydroxyl groups is 1. The van der Waals surface area contributed by atoms with Crippen LogP contribution >= 0.6 is 11.6 Å². The summed E-state index contributed by atoms with van der Waals surface area (Å²) in [7, 11) is 1.84. The average molecular weight is 595 g/mol. The molecule has 0 spiro atoms. The van der Waals surface area contributed by atoms with Crippen LogP contribution in [0.4, 0.5) is 8.78 Å². The molecule has 1 amide bonds. The van der Waals surface area contributed by atoms with E-state index in [1.807, 2.05) is 31.4 Å². The number of likely N-dealkylation sites (tertiary alicyclic amines) is 1. The minimum Gasteiger partial charge on any atom is -0.489 e. The number of benzene rings is 3. The van der Waals surface area contributed by atoms with Gasteiger partial charge in [-0.2, -0.15) is 13.9 Å². The smallest absolute Gasteiger partial charge is 0.349 e. The minimum absolute atomic E-state index is 0.154. The van der Waals surface area contributed by atoms with Gasteiger partial charge in [-0.05, 0) is 73.7 Å². The Bertz CT molecular complexity index is 1580. The van der Waals surface area contributed by atoms with Crippen LogP contribution in [0.15, 0.2) is 66.9 Å². The van der Waals surface area contributed by atoms with E-state index in [9.17, 15) is 9.90 Å². The maximum atomic E-state index is 15.5. The number of alkyl halides is 2. The lowest BCUT2D eigenvalue weighted by Gasteiger charge is -2.30. The molecule has 7 nitrogen and oxygen atoms in total. The largest absolute Gasteiger partial charge is 0.489 e. The molecule has 4 aromatic rings. The molecule has 1 aliphatic heterocycles. The highest BCUT2D eigenvalue weighted by molar-refractivity contribution is 6.32. The molecular weight excluding hydrogens is 562 g/mol. The molecule has 2 heterocycles. The molecule has 1 aliphatic carbocycles. The van der Waals surface area contributed by atoms with Gasteiger partial charge in [0.25, 0.3) is 5.91 Å². The first-order chi connectivity index (χ1) is 20.2. The van der Waals surface area contributed by atoms with E-state index >= 15 is 8.78 Å². The first-order valence-corrected chi connectivity index (χ1v) is 14.6. The van der Waals surface area contributed by atoms with E-state index in [2.05, 4.69) is 15.3 Å². The predicted octanol–water partition coefficient (Wildman–Crippen LogP) is 5.84. The van der Waals surface area contributed by atoms with Gasteiger partial charge in [0, 0.05) is 30.7 Å². The lowest BCUT2D eigenvalue weighted by atomic mass is 9.98. The van der Waals surface area contributed by atoms with Crippen LogP contribution < -0.4 is 10.1 Å². The normalized spacial score (nSPS) is 17.4. The number of fused-ring (bicyclic) bond motifs is 1. The van der Waals surface area contributed by atoms with E-state index in [0.717, 1.165) is 60.8 Å². The number of amides is 1. The number of carbonyl (C=O) groups excluding carboxylic acids is 1. The van der Waals surface area contributed by atoms with Crippen LogP contribution in [0.3, 0.4) is 0 Å². The summed E-state index contributed by atoms with van der Waals surface area (Å²) in [5, 5.41) is 19.5. The molecule has 10 heteroatoms. The van der Waals surface area contributed by atoms with Crippen LogP contribution in [0, 0.1) is 0 Å². The lowest BCUT2D eigenvalue weighted by molar-refractivity contribution is -0.149. The van der Waals surface area contributed by atoms with Crippen molar-refractivity contribution in [1.29, 1.82) is 0 Å². The highest BCUT2D eigenvalue weighted by Gasteiger charge is 2.43. The van der Waals surface area contributed by atoms with Crippen molar-refractivity contribution < 1.29 is 23.4 Å². The van der Waals surface area contributed by atoms with E-state index in [-0.39, 0.29) is 12.6 Å². The Morgan fingerprint density at radius 2 is 1.81 bits per heavy atom. The maximum Gasteiger partial charge on any atom is 0.349 e. The molecule has 1 saturated carbocycles. The molecule has 6 rings (SSSR count). The third-order valence-corrected chi connectivity index (χ3v) is 8.25. The summed E-state index contributed by atoms with van der Waals surface area (Å²) in [5.41, 5.74) is 2.36. The van der Waals surface area contributed by atoms with Crippen molar-refractivity contribution >= 4 is 28.4 Å². The van der Waals surface area contributed by atoms with Crippen molar-refractivity contribution in [3.8, 4) is 16.9 Å². The maximum absolute atomic E-state index is 15.5. The van der Waals surface area contributed by atoms with Crippen LogP contribution in [0.25, 0.3) is 22.0 Å². The SMILES string of the molecule is Cn1cc2ccc(-c3ccc(C(F)(F)C(=O)N[C@H](CN4CCCC4)[C@H](O)c4ccc(OC5CC5)c(Cl)c4)cc3)cc2n1. The van der Waals surface area contributed by atoms with Crippen LogP contribution in [0.1, 0.15) is 42.9 Å². The Morgan fingerprint density at radius 1 is 1.10 bits per heavy atom. The summed E-state index contributed by atoms with van der Waals surface area (Å²) in [6.07, 6.45) is 4.72. The number of carbonyl (C=O) groups is 1. The Hall–Kier alpha value is -3.53. The Labute approximate surface area is 248 Å². The Morgan fingerprint density at radius 3 is 2.50 bits per heavy atom.